The van der Waals surface area contributed by atoms with E-state index in [1.165, 1.54) is 0 Å². The molecule has 0 aliphatic rings. The van der Waals surface area contributed by atoms with Crippen molar-refractivity contribution in [1.82, 2.24) is 16.0 Å². The number of aliphatic hydroxyl groups is 1. The summed E-state index contributed by atoms with van der Waals surface area (Å²) in [6, 6.07) is -4.49. The molecule has 0 aromatic heterocycles. The van der Waals surface area contributed by atoms with Crippen LogP contribution in [0.1, 0.15) is 47.0 Å². The quantitative estimate of drug-likeness (QED) is 0.0717. The van der Waals surface area contributed by atoms with Crippen LogP contribution >= 0.6 is 0 Å². The average Bonchev–Trinajstić information content (AvgIpc) is 2.71. The number of aliphatic imine (C=N–C) groups is 1. The summed E-state index contributed by atoms with van der Waals surface area (Å²) in [5.41, 5.74) is 16.3. The molecule has 0 fully saturated rings. The van der Waals surface area contributed by atoms with Crippen molar-refractivity contribution < 1.29 is 29.4 Å². The SMILES string of the molecule is CC(C)C[C@H](NC(=O)[C@@H](N)C(C)C)C(=O)N[C@@H](CO)C(=O)N[C@@H](CCCN=C(N)N)C(=O)O. The second-order valence-corrected chi connectivity index (χ2v) is 8.55. The maximum Gasteiger partial charge on any atom is 0.326 e. The molecule has 0 aliphatic heterocycles. The summed E-state index contributed by atoms with van der Waals surface area (Å²) in [6.07, 6.45) is 0.581. The first-order valence-corrected chi connectivity index (χ1v) is 10.9. The van der Waals surface area contributed by atoms with Gasteiger partial charge in [0.1, 0.15) is 18.1 Å². The zero-order valence-corrected chi connectivity index (χ0v) is 19.7. The molecule has 0 saturated carbocycles. The fourth-order valence-electron chi connectivity index (χ4n) is 2.77. The number of carboxylic acid groups (broad SMARTS) is 1. The Kier molecular flexibility index (Phi) is 13.7. The zero-order valence-electron chi connectivity index (χ0n) is 19.7. The van der Waals surface area contributed by atoms with Crippen LogP contribution in [0.15, 0.2) is 4.99 Å². The Morgan fingerprint density at radius 3 is 1.85 bits per heavy atom. The van der Waals surface area contributed by atoms with Crippen LogP contribution in [0.5, 0.6) is 0 Å². The summed E-state index contributed by atoms with van der Waals surface area (Å²) in [4.78, 5) is 52.8. The molecule has 0 spiro atoms. The number of carbonyl (C=O) groups is 4. The van der Waals surface area contributed by atoms with E-state index < -0.39 is 54.5 Å². The van der Waals surface area contributed by atoms with Gasteiger partial charge in [0.05, 0.1) is 12.6 Å². The molecule has 13 nitrogen and oxygen atoms in total. The second-order valence-electron chi connectivity index (χ2n) is 8.55. The molecule has 0 bridgehead atoms. The van der Waals surface area contributed by atoms with E-state index in [1.807, 2.05) is 13.8 Å². The number of nitrogens with one attached hydrogen (secondary N) is 3. The number of carbonyl (C=O) groups excluding carboxylic acids is 3. The van der Waals surface area contributed by atoms with Crippen LogP contribution in [0.3, 0.4) is 0 Å². The lowest BCUT2D eigenvalue weighted by molar-refractivity contribution is -0.142. The smallest absolute Gasteiger partial charge is 0.326 e. The van der Waals surface area contributed by atoms with Crippen molar-refractivity contribution in [3.8, 4) is 0 Å². The van der Waals surface area contributed by atoms with Crippen LogP contribution in [0, 0.1) is 11.8 Å². The van der Waals surface area contributed by atoms with Crippen molar-refractivity contribution in [2.75, 3.05) is 13.2 Å². The molecule has 11 N–H and O–H groups in total. The summed E-state index contributed by atoms with van der Waals surface area (Å²) < 4.78 is 0. The molecule has 190 valence electrons. The Bertz CT molecular complexity index is 694. The fourth-order valence-corrected chi connectivity index (χ4v) is 2.77. The van der Waals surface area contributed by atoms with Crippen LogP contribution in [0.2, 0.25) is 0 Å². The summed E-state index contributed by atoms with van der Waals surface area (Å²) in [7, 11) is 0. The Morgan fingerprint density at radius 2 is 1.39 bits per heavy atom. The molecule has 0 heterocycles. The highest BCUT2D eigenvalue weighted by molar-refractivity contribution is 5.94. The van der Waals surface area contributed by atoms with Crippen molar-refractivity contribution in [1.29, 1.82) is 0 Å². The number of guanidine groups is 1. The monoisotopic (exact) mass is 473 g/mol. The van der Waals surface area contributed by atoms with Crippen LogP contribution in [0.4, 0.5) is 0 Å². The molecule has 13 heteroatoms. The van der Waals surface area contributed by atoms with E-state index in [2.05, 4.69) is 20.9 Å². The number of carboxylic acids is 1. The van der Waals surface area contributed by atoms with Gasteiger partial charge in [0.15, 0.2) is 5.96 Å². The highest BCUT2D eigenvalue weighted by atomic mass is 16.4. The van der Waals surface area contributed by atoms with Crippen LogP contribution in [0.25, 0.3) is 0 Å². The number of nitrogens with zero attached hydrogens (tertiary/aromatic N) is 1. The normalized spacial score (nSPS) is 14.7. The van der Waals surface area contributed by atoms with Gasteiger partial charge in [-0.05, 0) is 31.1 Å². The zero-order chi connectivity index (χ0) is 25.7. The summed E-state index contributed by atoms with van der Waals surface area (Å²) >= 11 is 0. The molecular formula is C20H39N7O6. The average molecular weight is 474 g/mol. The van der Waals surface area contributed by atoms with Gasteiger partial charge in [-0.15, -0.1) is 0 Å². The van der Waals surface area contributed by atoms with Gasteiger partial charge in [-0.3, -0.25) is 19.4 Å². The minimum Gasteiger partial charge on any atom is -0.480 e. The topological polar surface area (TPSA) is 235 Å². The van der Waals surface area contributed by atoms with E-state index in [-0.39, 0.29) is 43.6 Å². The van der Waals surface area contributed by atoms with E-state index in [1.54, 1.807) is 13.8 Å². The third kappa shape index (κ3) is 12.0. The van der Waals surface area contributed by atoms with Crippen molar-refractivity contribution in [2.24, 2.45) is 34.0 Å². The molecule has 0 aromatic rings. The van der Waals surface area contributed by atoms with Crippen LogP contribution in [-0.2, 0) is 19.2 Å². The Balaban J connectivity index is 5.19. The van der Waals surface area contributed by atoms with Crippen LogP contribution in [-0.4, -0.2) is 77.2 Å². The lowest BCUT2D eigenvalue weighted by atomic mass is 10.00. The summed E-state index contributed by atoms with van der Waals surface area (Å²) in [5, 5.41) is 26.2. The molecule has 0 aromatic carbocycles. The lowest BCUT2D eigenvalue weighted by Gasteiger charge is -2.25. The first-order chi connectivity index (χ1) is 15.3. The van der Waals surface area contributed by atoms with Crippen molar-refractivity contribution in [3.05, 3.63) is 0 Å². The third-order valence-electron chi connectivity index (χ3n) is 4.74. The van der Waals surface area contributed by atoms with Crippen LogP contribution < -0.4 is 33.2 Å². The largest absolute Gasteiger partial charge is 0.480 e. The molecule has 3 amide bonds. The van der Waals surface area contributed by atoms with Gasteiger partial charge in [-0.2, -0.15) is 0 Å². The molecule has 0 radical (unpaired) electrons. The van der Waals surface area contributed by atoms with Gasteiger partial charge >= 0.3 is 5.97 Å². The van der Waals surface area contributed by atoms with Gasteiger partial charge in [-0.1, -0.05) is 27.7 Å². The number of rotatable bonds is 15. The van der Waals surface area contributed by atoms with Gasteiger partial charge in [0.2, 0.25) is 17.7 Å². The molecule has 0 saturated heterocycles. The minimum absolute atomic E-state index is 0.0272. The Labute approximate surface area is 193 Å². The summed E-state index contributed by atoms with van der Waals surface area (Å²) in [6.45, 7) is 6.65. The predicted molar refractivity (Wildman–Crippen MR) is 123 cm³/mol. The molecule has 33 heavy (non-hydrogen) atoms. The standard InChI is InChI=1S/C20H39N7O6/c1-10(2)8-13(26-18(31)15(21)11(3)4)16(29)27-14(9-28)17(30)25-12(19(32)33)6-5-7-24-20(22)23/h10-15,28H,5-9,21H2,1-4H3,(H,25,30)(H,26,31)(H,27,29)(H,32,33)(H4,22,23,24)/t12-,13-,14-,15-/m0/s1. The van der Waals surface area contributed by atoms with E-state index in [0.29, 0.717) is 0 Å². The second kappa shape index (κ2) is 15.0. The molecule has 4 atom stereocenters. The number of hydrogen-bond acceptors (Lipinski definition) is 7. The van der Waals surface area contributed by atoms with Crippen molar-refractivity contribution >= 4 is 29.7 Å². The predicted octanol–water partition coefficient (Wildman–Crippen LogP) is -2.40. The Hall–Kier alpha value is -2.93. The highest BCUT2D eigenvalue weighted by Gasteiger charge is 2.30. The lowest BCUT2D eigenvalue weighted by Crippen LogP contribution is -2.58. The van der Waals surface area contributed by atoms with E-state index in [4.69, 9.17) is 17.2 Å². The van der Waals surface area contributed by atoms with E-state index >= 15 is 0 Å². The fraction of sp³-hybridized carbons (Fsp3) is 0.750. The number of nitrogens with two attached hydrogens (primary N) is 3. The van der Waals surface area contributed by atoms with Gasteiger partial charge in [-0.25, -0.2) is 4.79 Å². The number of aliphatic hydroxyl groups excluding tert-OH is 1. The van der Waals surface area contributed by atoms with Gasteiger partial charge < -0.3 is 43.4 Å². The number of amides is 3. The molecule has 0 unspecified atom stereocenters. The minimum atomic E-state index is -1.41. The van der Waals surface area contributed by atoms with Gasteiger partial charge in [0.25, 0.3) is 0 Å². The Morgan fingerprint density at radius 1 is 0.879 bits per heavy atom. The highest BCUT2D eigenvalue weighted by Crippen LogP contribution is 2.08. The summed E-state index contributed by atoms with van der Waals surface area (Å²) in [5.74, 6) is -3.63. The van der Waals surface area contributed by atoms with Gasteiger partial charge in [0, 0.05) is 6.54 Å². The number of hydrogen-bond donors (Lipinski definition) is 8. The molecule has 0 rings (SSSR count). The van der Waals surface area contributed by atoms with E-state index in [0.717, 1.165) is 0 Å². The number of aliphatic carboxylic acids is 1. The molecule has 0 aliphatic carbocycles. The molecular weight excluding hydrogens is 434 g/mol. The maximum absolute atomic E-state index is 12.8. The maximum atomic E-state index is 12.8. The van der Waals surface area contributed by atoms with Crippen molar-refractivity contribution in [3.63, 3.8) is 0 Å². The third-order valence-corrected chi connectivity index (χ3v) is 4.74. The first kappa shape index (κ1) is 30.1. The van der Waals surface area contributed by atoms with E-state index in [9.17, 15) is 29.4 Å². The van der Waals surface area contributed by atoms with Crippen molar-refractivity contribution in [2.45, 2.75) is 71.1 Å². The first-order valence-electron chi connectivity index (χ1n) is 10.9.